The highest BCUT2D eigenvalue weighted by atomic mass is 35.5. The summed E-state index contributed by atoms with van der Waals surface area (Å²) in [5, 5.41) is 10.9. The molecule has 0 atom stereocenters. The minimum atomic E-state index is -4.50. The fourth-order valence-corrected chi connectivity index (χ4v) is 3.46. The highest BCUT2D eigenvalue weighted by Gasteiger charge is 2.33. The Bertz CT molecular complexity index is 1080. The van der Waals surface area contributed by atoms with Gasteiger partial charge in [-0.15, -0.1) is 11.8 Å². The molecule has 6 N–H and O–H groups in total. The lowest BCUT2D eigenvalue weighted by Crippen LogP contribution is -2.27. The molecule has 40 heavy (non-hydrogen) atoms. The maximum atomic E-state index is 12.4. The number of amides is 1. The Hall–Kier alpha value is -2.63. The van der Waals surface area contributed by atoms with Gasteiger partial charge in [-0.05, 0) is 63.6 Å². The Labute approximate surface area is 250 Å². The van der Waals surface area contributed by atoms with Crippen molar-refractivity contribution in [2.45, 2.75) is 53.1 Å². The lowest BCUT2D eigenvalue weighted by Gasteiger charge is -2.28. The Kier molecular flexibility index (Phi) is 21.8. The van der Waals surface area contributed by atoms with Crippen LogP contribution in [0.2, 0.25) is 5.02 Å². The number of alkyl halides is 3. The fourth-order valence-electron chi connectivity index (χ4n) is 2.99. The molecule has 1 fully saturated rings. The van der Waals surface area contributed by atoms with Crippen LogP contribution in [0.15, 0.2) is 48.3 Å². The molecule has 1 aromatic carbocycles. The summed E-state index contributed by atoms with van der Waals surface area (Å²) < 4.78 is 37.3. The summed E-state index contributed by atoms with van der Waals surface area (Å²) in [4.78, 5) is 14.4. The van der Waals surface area contributed by atoms with Gasteiger partial charge in [0.25, 0.3) is 0 Å². The Morgan fingerprint density at radius 2 is 1.77 bits per heavy atom. The normalized spacial score (nSPS) is 12.6. The van der Waals surface area contributed by atoms with Crippen LogP contribution in [0.1, 0.15) is 52.7 Å². The zero-order chi connectivity index (χ0) is 31.3. The second kappa shape index (κ2) is 22.1. The van der Waals surface area contributed by atoms with Gasteiger partial charge in [0.1, 0.15) is 10.9 Å². The lowest BCUT2D eigenvalue weighted by atomic mass is 10.1. The zero-order valence-electron chi connectivity index (χ0n) is 23.7. The topological polar surface area (TPSA) is 121 Å². The van der Waals surface area contributed by atoms with E-state index in [0.29, 0.717) is 10.4 Å². The summed E-state index contributed by atoms with van der Waals surface area (Å²) >= 11 is 12.8. The van der Waals surface area contributed by atoms with Crippen molar-refractivity contribution in [3.05, 3.63) is 59.0 Å². The van der Waals surface area contributed by atoms with Crippen LogP contribution in [0.3, 0.4) is 0 Å². The number of benzene rings is 1. The number of nitrogen functional groups attached to an aromatic ring is 1. The van der Waals surface area contributed by atoms with Crippen molar-refractivity contribution < 1.29 is 18.0 Å². The molecule has 0 unspecified atom stereocenters. The minimum Gasteiger partial charge on any atom is -0.398 e. The van der Waals surface area contributed by atoms with Crippen LogP contribution in [0.5, 0.6) is 0 Å². The molecule has 2 aromatic rings. The molecule has 0 saturated carbocycles. The van der Waals surface area contributed by atoms with Crippen molar-refractivity contribution in [1.82, 2.24) is 15.2 Å². The van der Waals surface area contributed by atoms with Crippen molar-refractivity contribution in [3.63, 3.8) is 0 Å². The van der Waals surface area contributed by atoms with E-state index in [1.54, 1.807) is 24.9 Å². The number of primary amides is 1. The smallest absolute Gasteiger partial charge is 0.398 e. The standard InChI is InChI=1S/C10H6ClF3N2.C8H15N.C6H11ClN2S.C2H6.CH3NO/c11-5-1-2-8-6(3-5)7(15)4-9(16-8)10(12,13)14;1-8(2)9-6-4-3-5-7-9;1-5(6(7)8)3-9-4-10-2;1-2;2-1-3/h1-4H,(H2,15,16);1,3-7H2,2H3;3,8-9H,4H2,1-2H3;1-2H3;1H,(H2,2,3)/b;;5-3-,8-6?;;. The van der Waals surface area contributed by atoms with Gasteiger partial charge < -0.3 is 21.7 Å². The van der Waals surface area contributed by atoms with Gasteiger partial charge in [0.05, 0.1) is 11.4 Å². The number of rotatable bonds is 5. The third-order valence-corrected chi connectivity index (χ3v) is 5.87. The summed E-state index contributed by atoms with van der Waals surface area (Å²) in [5.74, 6) is 0.849. The highest BCUT2D eigenvalue weighted by molar-refractivity contribution is 7.98. The number of allylic oxidation sites excluding steroid dienone is 2. The van der Waals surface area contributed by atoms with Gasteiger partial charge in [-0.25, -0.2) is 4.98 Å². The molecular weight excluding hydrogens is 584 g/mol. The van der Waals surface area contributed by atoms with Crippen molar-refractivity contribution in [1.29, 1.82) is 5.41 Å². The number of hydrogen-bond donors (Lipinski definition) is 4. The molecule has 0 aliphatic carbocycles. The van der Waals surface area contributed by atoms with Crippen LogP contribution >= 0.6 is 35.0 Å². The number of carbonyl (C=O) groups excluding carboxylic acids is 1. The molecule has 226 valence electrons. The molecule has 0 bridgehead atoms. The highest BCUT2D eigenvalue weighted by Crippen LogP contribution is 2.32. The number of likely N-dealkylation sites (tertiary alicyclic amines) is 1. The van der Waals surface area contributed by atoms with E-state index < -0.39 is 11.9 Å². The molecule has 2 heterocycles. The van der Waals surface area contributed by atoms with Gasteiger partial charge >= 0.3 is 6.18 Å². The number of halogens is 5. The van der Waals surface area contributed by atoms with E-state index in [2.05, 4.69) is 34.4 Å². The van der Waals surface area contributed by atoms with Crippen molar-refractivity contribution in [2.24, 2.45) is 5.73 Å². The van der Waals surface area contributed by atoms with Gasteiger partial charge in [0.15, 0.2) is 0 Å². The number of carbonyl (C=O) groups is 1. The average Bonchev–Trinajstić information content (AvgIpc) is 2.91. The maximum absolute atomic E-state index is 12.4. The van der Waals surface area contributed by atoms with Crippen LogP contribution in [-0.2, 0) is 11.0 Å². The van der Waals surface area contributed by atoms with Crippen molar-refractivity contribution in [3.8, 4) is 0 Å². The van der Waals surface area contributed by atoms with E-state index in [0.717, 1.165) is 17.5 Å². The molecule has 3 rings (SSSR count). The second-order valence-electron chi connectivity index (χ2n) is 7.95. The first-order valence-electron chi connectivity index (χ1n) is 12.4. The third-order valence-electron chi connectivity index (χ3n) is 4.88. The fraction of sp³-hybridized carbons (Fsp3) is 0.444. The summed E-state index contributed by atoms with van der Waals surface area (Å²) in [6.45, 7) is 14.3. The molecule has 13 heteroatoms. The van der Waals surface area contributed by atoms with E-state index in [4.69, 9.17) is 39.1 Å². The number of fused-ring (bicyclic) bond motifs is 1. The number of anilines is 1. The number of nitrogens with two attached hydrogens (primary N) is 2. The van der Waals surface area contributed by atoms with E-state index in [-0.39, 0.29) is 22.8 Å². The molecular formula is C27H41Cl2F3N6OS. The van der Waals surface area contributed by atoms with Crippen molar-refractivity contribution >= 4 is 63.1 Å². The van der Waals surface area contributed by atoms with Crippen LogP contribution in [-0.4, -0.2) is 46.7 Å². The van der Waals surface area contributed by atoms with Crippen LogP contribution < -0.4 is 16.8 Å². The van der Waals surface area contributed by atoms with E-state index in [1.807, 2.05) is 20.1 Å². The Balaban J connectivity index is 0. The molecule has 0 spiro atoms. The van der Waals surface area contributed by atoms with Gasteiger partial charge in [0.2, 0.25) is 6.41 Å². The van der Waals surface area contributed by atoms with Crippen LogP contribution in [0, 0.1) is 5.41 Å². The van der Waals surface area contributed by atoms with Crippen LogP contribution in [0.25, 0.3) is 10.9 Å². The number of piperidine rings is 1. The molecule has 1 aromatic heterocycles. The zero-order valence-corrected chi connectivity index (χ0v) is 26.0. The number of thioether (sulfide) groups is 1. The molecule has 7 nitrogen and oxygen atoms in total. The quantitative estimate of drug-likeness (QED) is 0.117. The predicted molar refractivity (Wildman–Crippen MR) is 167 cm³/mol. The molecule has 0 radical (unpaired) electrons. The lowest BCUT2D eigenvalue weighted by molar-refractivity contribution is -0.140. The predicted octanol–water partition coefficient (Wildman–Crippen LogP) is 7.64. The SMILES string of the molecule is C=C(C)N1CCCCC1.CC.CSCN/C=C(/C)C(=N)Cl.NC=O.Nc1cc(C(F)(F)F)nc2ccc(Cl)cc12. The Morgan fingerprint density at radius 1 is 1.23 bits per heavy atom. The summed E-state index contributed by atoms with van der Waals surface area (Å²) in [7, 11) is 0. The largest absolute Gasteiger partial charge is 0.433 e. The summed E-state index contributed by atoms with van der Waals surface area (Å²) in [5.41, 5.74) is 10.9. The maximum Gasteiger partial charge on any atom is 0.433 e. The van der Waals surface area contributed by atoms with Gasteiger partial charge in [0, 0.05) is 46.7 Å². The second-order valence-corrected chi connectivity index (χ2v) is 9.63. The summed E-state index contributed by atoms with van der Waals surface area (Å²) in [6.07, 6.45) is 3.61. The van der Waals surface area contributed by atoms with Crippen molar-refractivity contribution in [2.75, 3.05) is 31.0 Å². The molecule has 1 aliphatic rings. The number of aromatic nitrogens is 1. The number of nitrogens with one attached hydrogen (secondary N) is 2. The first-order chi connectivity index (χ1) is 18.8. The Morgan fingerprint density at radius 3 is 2.20 bits per heavy atom. The van der Waals surface area contributed by atoms with Gasteiger partial charge in [-0.1, -0.05) is 43.6 Å². The first kappa shape index (κ1) is 39.5. The average molecular weight is 626 g/mol. The molecule has 1 amide bonds. The number of nitrogens with zero attached hydrogens (tertiary/aromatic N) is 2. The van der Waals surface area contributed by atoms with Gasteiger partial charge in [-0.2, -0.15) is 13.2 Å². The van der Waals surface area contributed by atoms with E-state index in [1.165, 1.54) is 56.2 Å². The van der Waals surface area contributed by atoms with E-state index in [9.17, 15) is 13.2 Å². The number of pyridine rings is 1. The van der Waals surface area contributed by atoms with E-state index >= 15 is 0 Å². The first-order valence-corrected chi connectivity index (χ1v) is 14.6. The molecule has 1 saturated heterocycles. The monoisotopic (exact) mass is 624 g/mol. The minimum absolute atomic E-state index is 0.0137. The van der Waals surface area contributed by atoms with Gasteiger partial charge in [-0.3, -0.25) is 10.2 Å². The van der Waals surface area contributed by atoms with Crippen LogP contribution in [0.4, 0.5) is 18.9 Å². The third kappa shape index (κ3) is 17.1. The molecule has 1 aliphatic heterocycles. The summed E-state index contributed by atoms with van der Waals surface area (Å²) in [6, 6.07) is 5.16. The number of hydrogen-bond acceptors (Lipinski definition) is 7.